The Balaban J connectivity index is 1.54. The molecular weight excluding hydrogens is 312 g/mol. The van der Waals surface area contributed by atoms with Gasteiger partial charge in [-0.3, -0.25) is 4.68 Å². The van der Waals surface area contributed by atoms with Crippen molar-refractivity contribution < 1.29 is 9.52 Å². The maximum atomic E-state index is 10.4. The number of aromatic nitrogens is 2. The fraction of sp³-hybridized carbons (Fsp3) is 0.0952. The van der Waals surface area contributed by atoms with Gasteiger partial charge in [-0.15, -0.1) is 0 Å². The summed E-state index contributed by atoms with van der Waals surface area (Å²) < 4.78 is 6.93. The molecule has 0 radical (unpaired) electrons. The number of hydrogen-bond acceptors (Lipinski definition) is 3. The summed E-state index contributed by atoms with van der Waals surface area (Å²) in [5.41, 5.74) is 4.93. The summed E-state index contributed by atoms with van der Waals surface area (Å²) in [6, 6.07) is 21.7. The minimum Gasteiger partial charge on any atom is -0.472 e. The Morgan fingerprint density at radius 2 is 1.76 bits per heavy atom. The molecule has 25 heavy (non-hydrogen) atoms. The molecule has 124 valence electrons. The largest absolute Gasteiger partial charge is 0.472 e. The van der Waals surface area contributed by atoms with Crippen LogP contribution in [-0.2, 0) is 6.54 Å². The van der Waals surface area contributed by atoms with Gasteiger partial charge in [-0.1, -0.05) is 48.5 Å². The summed E-state index contributed by atoms with van der Waals surface area (Å²) in [6.45, 7) is 0.422. The Morgan fingerprint density at radius 3 is 2.56 bits per heavy atom. The van der Waals surface area contributed by atoms with Gasteiger partial charge < -0.3 is 9.52 Å². The van der Waals surface area contributed by atoms with Gasteiger partial charge in [0.1, 0.15) is 0 Å². The Kier molecular flexibility index (Phi) is 4.19. The molecule has 0 aliphatic carbocycles. The SMILES string of the molecule is O[C@@H](Cn1ccc(-c2cccc(-c3ccoc3)c2)n1)c1ccccc1. The molecule has 2 aromatic heterocycles. The van der Waals surface area contributed by atoms with Crippen molar-refractivity contribution in [3.05, 3.63) is 91.0 Å². The third-order valence-corrected chi connectivity index (χ3v) is 4.20. The maximum Gasteiger partial charge on any atom is 0.0985 e. The predicted molar refractivity (Wildman–Crippen MR) is 96.8 cm³/mol. The van der Waals surface area contributed by atoms with E-state index in [-0.39, 0.29) is 0 Å². The zero-order valence-electron chi connectivity index (χ0n) is 13.6. The third-order valence-electron chi connectivity index (χ3n) is 4.20. The fourth-order valence-electron chi connectivity index (χ4n) is 2.86. The third kappa shape index (κ3) is 3.39. The Labute approximate surface area is 146 Å². The number of nitrogens with zero attached hydrogens (tertiary/aromatic N) is 2. The van der Waals surface area contributed by atoms with Crippen LogP contribution in [0.25, 0.3) is 22.4 Å². The van der Waals surface area contributed by atoms with Crippen LogP contribution >= 0.6 is 0 Å². The summed E-state index contributed by atoms with van der Waals surface area (Å²) in [5.74, 6) is 0. The molecule has 2 heterocycles. The number of aliphatic hydroxyl groups is 1. The molecule has 0 saturated carbocycles. The van der Waals surface area contributed by atoms with Crippen LogP contribution in [0.2, 0.25) is 0 Å². The van der Waals surface area contributed by atoms with E-state index in [1.165, 1.54) is 0 Å². The molecule has 0 aliphatic rings. The van der Waals surface area contributed by atoms with Gasteiger partial charge in [-0.2, -0.15) is 5.10 Å². The normalized spacial score (nSPS) is 12.2. The van der Waals surface area contributed by atoms with Crippen LogP contribution in [0.4, 0.5) is 0 Å². The zero-order chi connectivity index (χ0) is 17.1. The zero-order valence-corrected chi connectivity index (χ0v) is 13.6. The van der Waals surface area contributed by atoms with Crippen molar-refractivity contribution in [3.8, 4) is 22.4 Å². The fourth-order valence-corrected chi connectivity index (χ4v) is 2.86. The van der Waals surface area contributed by atoms with E-state index in [1.807, 2.05) is 66.9 Å². The Bertz CT molecular complexity index is 943. The molecule has 4 aromatic rings. The van der Waals surface area contributed by atoms with E-state index in [2.05, 4.69) is 11.2 Å². The first-order valence-electron chi connectivity index (χ1n) is 8.19. The summed E-state index contributed by atoms with van der Waals surface area (Å²) in [4.78, 5) is 0. The quantitative estimate of drug-likeness (QED) is 0.584. The van der Waals surface area contributed by atoms with Crippen LogP contribution in [0.1, 0.15) is 11.7 Å². The molecule has 0 amide bonds. The van der Waals surface area contributed by atoms with Gasteiger partial charge in [0.05, 0.1) is 30.9 Å². The van der Waals surface area contributed by atoms with Crippen molar-refractivity contribution in [2.75, 3.05) is 0 Å². The standard InChI is InChI=1S/C21H18N2O2/c24-21(16-5-2-1-3-6-16)14-23-11-9-20(22-23)18-8-4-7-17(13-18)19-10-12-25-15-19/h1-13,15,21,24H,14H2/t21-/m0/s1. The second kappa shape index (κ2) is 6.79. The van der Waals surface area contributed by atoms with Gasteiger partial charge in [0.25, 0.3) is 0 Å². The van der Waals surface area contributed by atoms with Crippen molar-refractivity contribution in [3.63, 3.8) is 0 Å². The van der Waals surface area contributed by atoms with E-state index in [0.29, 0.717) is 6.54 Å². The molecule has 1 N–H and O–H groups in total. The number of furan rings is 1. The van der Waals surface area contributed by atoms with E-state index in [4.69, 9.17) is 4.42 Å². The van der Waals surface area contributed by atoms with Crippen molar-refractivity contribution >= 4 is 0 Å². The summed E-state index contributed by atoms with van der Waals surface area (Å²) in [6.07, 6.45) is 4.72. The van der Waals surface area contributed by atoms with E-state index < -0.39 is 6.10 Å². The van der Waals surface area contributed by atoms with Gasteiger partial charge in [0, 0.05) is 17.3 Å². The number of rotatable bonds is 5. The van der Waals surface area contributed by atoms with E-state index in [1.54, 1.807) is 17.2 Å². The minimum absolute atomic E-state index is 0.422. The van der Waals surface area contributed by atoms with E-state index in [9.17, 15) is 5.11 Å². The second-order valence-electron chi connectivity index (χ2n) is 5.94. The Hall–Kier alpha value is -3.11. The van der Waals surface area contributed by atoms with Crippen LogP contribution in [0.3, 0.4) is 0 Å². The van der Waals surface area contributed by atoms with Crippen LogP contribution in [0.5, 0.6) is 0 Å². The van der Waals surface area contributed by atoms with Gasteiger partial charge >= 0.3 is 0 Å². The van der Waals surface area contributed by atoms with Crippen molar-refractivity contribution in [2.24, 2.45) is 0 Å². The van der Waals surface area contributed by atoms with Gasteiger partial charge in [0.2, 0.25) is 0 Å². The van der Waals surface area contributed by atoms with Crippen molar-refractivity contribution in [2.45, 2.75) is 12.6 Å². The molecule has 0 spiro atoms. The lowest BCUT2D eigenvalue weighted by atomic mass is 10.0. The van der Waals surface area contributed by atoms with Gasteiger partial charge in [-0.05, 0) is 29.3 Å². The molecule has 4 nitrogen and oxygen atoms in total. The molecular formula is C21H18N2O2. The summed E-state index contributed by atoms with van der Waals surface area (Å²) in [7, 11) is 0. The van der Waals surface area contributed by atoms with E-state index >= 15 is 0 Å². The summed E-state index contributed by atoms with van der Waals surface area (Å²) >= 11 is 0. The minimum atomic E-state index is -0.578. The average Bonchev–Trinajstić information content (AvgIpc) is 3.35. The predicted octanol–water partition coefficient (Wildman–Crippen LogP) is 4.54. The average molecular weight is 330 g/mol. The van der Waals surface area contributed by atoms with Crippen LogP contribution in [0.15, 0.2) is 89.9 Å². The number of aliphatic hydroxyl groups excluding tert-OH is 1. The maximum absolute atomic E-state index is 10.4. The van der Waals surface area contributed by atoms with Gasteiger partial charge in [-0.25, -0.2) is 0 Å². The molecule has 0 saturated heterocycles. The van der Waals surface area contributed by atoms with E-state index in [0.717, 1.165) is 27.9 Å². The molecule has 1 atom stereocenters. The molecule has 0 bridgehead atoms. The van der Waals surface area contributed by atoms with Gasteiger partial charge in [0.15, 0.2) is 0 Å². The second-order valence-corrected chi connectivity index (χ2v) is 5.94. The molecule has 0 fully saturated rings. The highest BCUT2D eigenvalue weighted by molar-refractivity contribution is 5.70. The molecule has 2 aromatic carbocycles. The molecule has 0 aliphatic heterocycles. The lowest BCUT2D eigenvalue weighted by Gasteiger charge is -2.10. The highest BCUT2D eigenvalue weighted by Crippen LogP contribution is 2.26. The first kappa shape index (κ1) is 15.4. The number of hydrogen-bond donors (Lipinski definition) is 1. The highest BCUT2D eigenvalue weighted by Gasteiger charge is 2.10. The van der Waals surface area contributed by atoms with Crippen LogP contribution in [-0.4, -0.2) is 14.9 Å². The van der Waals surface area contributed by atoms with Crippen molar-refractivity contribution in [1.29, 1.82) is 0 Å². The Morgan fingerprint density at radius 1 is 0.920 bits per heavy atom. The highest BCUT2D eigenvalue weighted by atomic mass is 16.3. The first-order chi connectivity index (χ1) is 12.3. The molecule has 0 unspecified atom stereocenters. The topological polar surface area (TPSA) is 51.2 Å². The molecule has 4 rings (SSSR count). The first-order valence-corrected chi connectivity index (χ1v) is 8.19. The molecule has 4 heteroatoms. The van der Waals surface area contributed by atoms with Crippen LogP contribution < -0.4 is 0 Å². The summed E-state index contributed by atoms with van der Waals surface area (Å²) in [5, 5.41) is 15.0. The lowest BCUT2D eigenvalue weighted by Crippen LogP contribution is -2.09. The van der Waals surface area contributed by atoms with Crippen molar-refractivity contribution in [1.82, 2.24) is 9.78 Å². The smallest absolute Gasteiger partial charge is 0.0985 e. The lowest BCUT2D eigenvalue weighted by molar-refractivity contribution is 0.151. The monoisotopic (exact) mass is 330 g/mol. The van der Waals surface area contributed by atoms with Crippen LogP contribution in [0, 0.1) is 0 Å². The number of benzene rings is 2.